The van der Waals surface area contributed by atoms with Gasteiger partial charge in [-0.3, -0.25) is 0 Å². The number of hydrogen-bond donors (Lipinski definition) is 1. The molecule has 0 aromatic carbocycles. The lowest BCUT2D eigenvalue weighted by molar-refractivity contribution is -0.131. The van der Waals surface area contributed by atoms with E-state index in [4.69, 9.17) is 0 Å². The summed E-state index contributed by atoms with van der Waals surface area (Å²) < 4.78 is 39.9. The molecule has 0 radical (unpaired) electrons. The molecule has 0 saturated carbocycles. The summed E-state index contributed by atoms with van der Waals surface area (Å²) in [7, 11) is 1.19. The van der Waals surface area contributed by atoms with Gasteiger partial charge < -0.3 is 10.1 Å². The smallest absolute Gasteiger partial charge is 0.390 e. The number of ether oxygens (including phenoxy) is 1. The topological polar surface area (TPSA) is 64.1 Å². The number of methoxy groups -OCH3 is 1. The van der Waals surface area contributed by atoms with Crippen LogP contribution in [-0.2, 0) is 4.74 Å². The first-order chi connectivity index (χ1) is 7.92. The molecular formula is C9H10F3N3O2. The van der Waals surface area contributed by atoms with Gasteiger partial charge in [-0.1, -0.05) is 0 Å². The van der Waals surface area contributed by atoms with Crippen molar-refractivity contribution in [2.45, 2.75) is 12.6 Å². The Hall–Kier alpha value is -1.86. The molecule has 5 nitrogen and oxygen atoms in total. The molecule has 1 aromatic heterocycles. The van der Waals surface area contributed by atoms with Crippen LogP contribution in [0.3, 0.4) is 0 Å². The van der Waals surface area contributed by atoms with Crippen LogP contribution in [0.4, 0.5) is 19.0 Å². The van der Waals surface area contributed by atoms with Gasteiger partial charge in [0.25, 0.3) is 0 Å². The molecule has 94 valence electrons. The highest BCUT2D eigenvalue weighted by Gasteiger charge is 2.26. The monoisotopic (exact) mass is 249 g/mol. The van der Waals surface area contributed by atoms with E-state index < -0.39 is 18.6 Å². The maximum atomic E-state index is 11.8. The summed E-state index contributed by atoms with van der Waals surface area (Å²) in [6.45, 7) is -0.296. The van der Waals surface area contributed by atoms with Crippen molar-refractivity contribution in [3.8, 4) is 0 Å². The normalized spacial score (nSPS) is 11.1. The van der Waals surface area contributed by atoms with Crippen molar-refractivity contribution >= 4 is 11.8 Å². The summed E-state index contributed by atoms with van der Waals surface area (Å²) in [5.41, 5.74) is -0.00567. The van der Waals surface area contributed by atoms with Crippen molar-refractivity contribution < 1.29 is 22.7 Å². The zero-order chi connectivity index (χ0) is 12.9. The largest absolute Gasteiger partial charge is 0.464 e. The van der Waals surface area contributed by atoms with Crippen LogP contribution in [0.2, 0.25) is 0 Å². The van der Waals surface area contributed by atoms with Crippen molar-refractivity contribution in [1.29, 1.82) is 0 Å². The van der Waals surface area contributed by atoms with Crippen LogP contribution in [0.25, 0.3) is 0 Å². The summed E-state index contributed by atoms with van der Waals surface area (Å²) >= 11 is 0. The molecule has 17 heavy (non-hydrogen) atoms. The zero-order valence-electron chi connectivity index (χ0n) is 8.91. The fraction of sp³-hybridized carbons (Fsp3) is 0.444. The summed E-state index contributed by atoms with van der Waals surface area (Å²) in [6, 6.07) is 2.67. The van der Waals surface area contributed by atoms with Gasteiger partial charge in [0, 0.05) is 6.54 Å². The van der Waals surface area contributed by atoms with Crippen molar-refractivity contribution in [2.24, 2.45) is 0 Å². The van der Waals surface area contributed by atoms with E-state index in [2.05, 4.69) is 20.3 Å². The van der Waals surface area contributed by atoms with Gasteiger partial charge in [0.1, 0.15) is 5.82 Å². The minimum atomic E-state index is -4.22. The Kier molecular flexibility index (Phi) is 4.24. The van der Waals surface area contributed by atoms with Crippen LogP contribution in [0, 0.1) is 0 Å². The predicted molar refractivity (Wildman–Crippen MR) is 52.5 cm³/mol. The van der Waals surface area contributed by atoms with E-state index in [1.165, 1.54) is 19.2 Å². The Balaban J connectivity index is 2.49. The highest BCUT2D eigenvalue weighted by atomic mass is 19.4. The molecule has 0 aliphatic rings. The third-order valence-electron chi connectivity index (χ3n) is 1.77. The number of rotatable bonds is 4. The molecule has 0 aliphatic carbocycles. The quantitative estimate of drug-likeness (QED) is 0.821. The van der Waals surface area contributed by atoms with Gasteiger partial charge in [-0.05, 0) is 12.1 Å². The lowest BCUT2D eigenvalue weighted by Gasteiger charge is -2.07. The number of aromatic nitrogens is 2. The number of anilines is 1. The van der Waals surface area contributed by atoms with Crippen LogP contribution in [-0.4, -0.2) is 36.0 Å². The first-order valence-electron chi connectivity index (χ1n) is 4.65. The van der Waals surface area contributed by atoms with Crippen molar-refractivity contribution in [2.75, 3.05) is 19.0 Å². The molecule has 0 fully saturated rings. The lowest BCUT2D eigenvalue weighted by Crippen LogP contribution is -2.15. The number of esters is 1. The van der Waals surface area contributed by atoms with E-state index in [1.807, 2.05) is 0 Å². The fourth-order valence-electron chi connectivity index (χ4n) is 0.972. The summed E-state index contributed by atoms with van der Waals surface area (Å²) in [5.74, 6) is -0.485. The molecule has 0 spiro atoms. The predicted octanol–water partition coefficient (Wildman–Crippen LogP) is 1.63. The van der Waals surface area contributed by atoms with Crippen LogP contribution < -0.4 is 5.32 Å². The van der Waals surface area contributed by atoms with Gasteiger partial charge in [-0.25, -0.2) is 4.79 Å². The molecule has 0 unspecified atom stereocenters. The third-order valence-corrected chi connectivity index (χ3v) is 1.77. The fourth-order valence-corrected chi connectivity index (χ4v) is 0.972. The molecule has 8 heteroatoms. The highest BCUT2D eigenvalue weighted by molar-refractivity contribution is 5.86. The van der Waals surface area contributed by atoms with Crippen molar-refractivity contribution in [3.05, 3.63) is 17.8 Å². The van der Waals surface area contributed by atoms with Gasteiger partial charge in [-0.15, -0.1) is 10.2 Å². The number of carbonyl (C=O) groups excluding carboxylic acids is 1. The molecule has 1 N–H and O–H groups in total. The SMILES string of the molecule is COC(=O)c1ccc(NCCC(F)(F)F)nn1. The number of nitrogens with one attached hydrogen (secondary N) is 1. The Morgan fingerprint density at radius 1 is 1.41 bits per heavy atom. The maximum Gasteiger partial charge on any atom is 0.390 e. The summed E-state index contributed by atoms with van der Waals surface area (Å²) in [5, 5.41) is 9.47. The summed E-state index contributed by atoms with van der Waals surface area (Å²) in [4.78, 5) is 11.0. The number of hydrogen-bond acceptors (Lipinski definition) is 5. The lowest BCUT2D eigenvalue weighted by atomic mass is 10.3. The molecule has 0 bridgehead atoms. The van der Waals surface area contributed by atoms with Crippen LogP contribution in [0.5, 0.6) is 0 Å². The Morgan fingerprint density at radius 3 is 2.59 bits per heavy atom. The molecule has 0 atom stereocenters. The second kappa shape index (κ2) is 5.46. The van der Waals surface area contributed by atoms with E-state index >= 15 is 0 Å². The summed E-state index contributed by atoms with van der Waals surface area (Å²) in [6.07, 6.45) is -5.18. The van der Waals surface area contributed by atoms with E-state index in [0.717, 1.165) is 0 Å². The number of carbonyl (C=O) groups is 1. The van der Waals surface area contributed by atoms with Gasteiger partial charge >= 0.3 is 12.1 Å². The van der Waals surface area contributed by atoms with Gasteiger partial charge in [0.05, 0.1) is 13.5 Å². The van der Waals surface area contributed by atoms with Gasteiger partial charge in [0.2, 0.25) is 0 Å². The molecule has 0 aliphatic heterocycles. The Bertz CT molecular complexity index is 378. The Labute approximate surface area is 95.0 Å². The van der Waals surface area contributed by atoms with Gasteiger partial charge in [-0.2, -0.15) is 13.2 Å². The maximum absolute atomic E-state index is 11.8. The average Bonchev–Trinajstić information content (AvgIpc) is 2.27. The minimum absolute atomic E-state index is 0.00567. The standard InChI is InChI=1S/C9H10F3N3O2/c1-17-8(16)6-2-3-7(15-14-6)13-5-4-9(10,11)12/h2-3H,4-5H2,1H3,(H,13,15). The molecule has 0 saturated heterocycles. The van der Waals surface area contributed by atoms with E-state index in [1.54, 1.807) is 0 Å². The van der Waals surface area contributed by atoms with Crippen molar-refractivity contribution in [1.82, 2.24) is 10.2 Å². The molecule has 1 heterocycles. The zero-order valence-corrected chi connectivity index (χ0v) is 8.91. The minimum Gasteiger partial charge on any atom is -0.464 e. The first-order valence-corrected chi connectivity index (χ1v) is 4.65. The van der Waals surface area contributed by atoms with E-state index in [-0.39, 0.29) is 18.1 Å². The van der Waals surface area contributed by atoms with Crippen molar-refractivity contribution in [3.63, 3.8) is 0 Å². The second-order valence-corrected chi connectivity index (χ2v) is 3.09. The van der Waals surface area contributed by atoms with Crippen LogP contribution in [0.15, 0.2) is 12.1 Å². The highest BCUT2D eigenvalue weighted by Crippen LogP contribution is 2.19. The van der Waals surface area contributed by atoms with E-state index in [0.29, 0.717) is 0 Å². The molecule has 1 aromatic rings. The number of nitrogens with zero attached hydrogens (tertiary/aromatic N) is 2. The molecule has 1 rings (SSSR count). The van der Waals surface area contributed by atoms with E-state index in [9.17, 15) is 18.0 Å². The molecular weight excluding hydrogens is 239 g/mol. The molecule has 0 amide bonds. The number of halogens is 3. The van der Waals surface area contributed by atoms with Gasteiger partial charge in [0.15, 0.2) is 5.69 Å². The number of alkyl halides is 3. The third kappa shape index (κ3) is 4.66. The average molecular weight is 249 g/mol. The Morgan fingerprint density at radius 2 is 2.12 bits per heavy atom. The van der Waals surface area contributed by atoms with Crippen LogP contribution in [0.1, 0.15) is 16.9 Å². The van der Waals surface area contributed by atoms with Crippen LogP contribution >= 0.6 is 0 Å². The second-order valence-electron chi connectivity index (χ2n) is 3.09. The first kappa shape index (κ1) is 13.2.